The van der Waals surface area contributed by atoms with E-state index in [9.17, 15) is 26.4 Å². The molecule has 1 aromatic heterocycles. The molecule has 7 nitrogen and oxygen atoms in total. The standard InChI is InChI=1S/C19H14ClF3N4O3S/c1-24-31(29,30)17-9-14(26-18(28)8-12-4-2-3-5-15(12)20)6-7-16(17)27-11-13(10-25-27)19(21,22)23/h2-7,9-11H,1,8H2,(H,26,28). The monoisotopic (exact) mass is 470 g/mol. The fourth-order valence-corrected chi connectivity index (χ4v) is 3.72. The number of alkyl halides is 3. The van der Waals surface area contributed by atoms with Crippen molar-refractivity contribution in [3.05, 3.63) is 71.0 Å². The molecule has 0 fully saturated rings. The van der Waals surface area contributed by atoms with Gasteiger partial charge in [-0.3, -0.25) is 4.79 Å². The first-order chi connectivity index (χ1) is 14.5. The van der Waals surface area contributed by atoms with Gasteiger partial charge in [0.1, 0.15) is 4.90 Å². The normalized spacial score (nSPS) is 11.9. The maximum atomic E-state index is 12.9. The van der Waals surface area contributed by atoms with Crippen LogP contribution in [0, 0.1) is 0 Å². The molecule has 1 heterocycles. The summed E-state index contributed by atoms with van der Waals surface area (Å²) in [6.07, 6.45) is -3.51. The zero-order chi connectivity index (χ0) is 22.8. The summed E-state index contributed by atoms with van der Waals surface area (Å²) < 4.78 is 67.1. The molecule has 0 radical (unpaired) electrons. The van der Waals surface area contributed by atoms with E-state index in [4.69, 9.17) is 11.6 Å². The third-order valence-electron chi connectivity index (χ3n) is 4.16. The highest BCUT2D eigenvalue weighted by Crippen LogP contribution is 2.31. The third kappa shape index (κ3) is 5.12. The summed E-state index contributed by atoms with van der Waals surface area (Å²) in [5, 5.41) is 6.51. The van der Waals surface area contributed by atoms with Crippen molar-refractivity contribution < 1.29 is 26.4 Å². The number of aromatic nitrogens is 2. The molecule has 0 saturated heterocycles. The summed E-state index contributed by atoms with van der Waals surface area (Å²) >= 11 is 6.03. The van der Waals surface area contributed by atoms with Crippen LogP contribution >= 0.6 is 11.6 Å². The van der Waals surface area contributed by atoms with Gasteiger partial charge in [0, 0.05) is 23.6 Å². The number of anilines is 1. The summed E-state index contributed by atoms with van der Waals surface area (Å²) in [6.45, 7) is 2.99. The molecule has 0 aliphatic carbocycles. The van der Waals surface area contributed by atoms with Gasteiger partial charge < -0.3 is 5.32 Å². The fraction of sp³-hybridized carbons (Fsp3) is 0.105. The van der Waals surface area contributed by atoms with Gasteiger partial charge in [0.2, 0.25) is 5.91 Å². The van der Waals surface area contributed by atoms with Crippen LogP contribution in [0.1, 0.15) is 11.1 Å². The second-order valence-corrected chi connectivity index (χ2v) is 8.33. The van der Waals surface area contributed by atoms with E-state index in [0.29, 0.717) is 23.0 Å². The Morgan fingerprint density at radius 2 is 1.94 bits per heavy atom. The minimum atomic E-state index is -4.65. The van der Waals surface area contributed by atoms with E-state index in [0.717, 1.165) is 10.7 Å². The molecule has 0 spiro atoms. The molecule has 0 aliphatic heterocycles. The molecule has 1 N–H and O–H groups in total. The van der Waals surface area contributed by atoms with Gasteiger partial charge in [-0.05, 0) is 29.8 Å². The van der Waals surface area contributed by atoms with Crippen LogP contribution in [-0.2, 0) is 27.4 Å². The van der Waals surface area contributed by atoms with E-state index in [1.54, 1.807) is 24.3 Å². The van der Waals surface area contributed by atoms with E-state index in [1.807, 2.05) is 0 Å². The average Bonchev–Trinajstić information content (AvgIpc) is 3.20. The number of sulfonamides is 1. The van der Waals surface area contributed by atoms with E-state index in [1.165, 1.54) is 12.1 Å². The van der Waals surface area contributed by atoms with Gasteiger partial charge >= 0.3 is 6.18 Å². The number of carbonyl (C=O) groups is 1. The Morgan fingerprint density at radius 3 is 2.55 bits per heavy atom. The molecular weight excluding hydrogens is 457 g/mol. The molecule has 0 aliphatic rings. The number of hydrogen-bond acceptors (Lipinski definition) is 4. The maximum Gasteiger partial charge on any atom is 0.419 e. The zero-order valence-electron chi connectivity index (χ0n) is 15.6. The lowest BCUT2D eigenvalue weighted by Crippen LogP contribution is -2.15. The Morgan fingerprint density at radius 1 is 1.23 bits per heavy atom. The van der Waals surface area contributed by atoms with Crippen molar-refractivity contribution in [1.29, 1.82) is 0 Å². The number of nitrogens with zero attached hydrogens (tertiary/aromatic N) is 3. The van der Waals surface area contributed by atoms with Crippen molar-refractivity contribution >= 4 is 39.9 Å². The molecule has 0 unspecified atom stereocenters. The molecule has 31 heavy (non-hydrogen) atoms. The van der Waals surface area contributed by atoms with Crippen LogP contribution in [0.2, 0.25) is 5.02 Å². The molecule has 0 atom stereocenters. The minimum Gasteiger partial charge on any atom is -0.326 e. The number of amides is 1. The summed E-state index contributed by atoms with van der Waals surface area (Å²) in [5.74, 6) is -0.478. The lowest BCUT2D eigenvalue weighted by atomic mass is 10.1. The van der Waals surface area contributed by atoms with Crippen LogP contribution in [0.25, 0.3) is 5.69 Å². The molecule has 3 rings (SSSR count). The molecule has 3 aromatic rings. The van der Waals surface area contributed by atoms with Crippen LogP contribution in [0.5, 0.6) is 0 Å². The van der Waals surface area contributed by atoms with Crippen molar-refractivity contribution in [3.63, 3.8) is 0 Å². The van der Waals surface area contributed by atoms with Gasteiger partial charge in [-0.1, -0.05) is 29.8 Å². The SMILES string of the molecule is C=NS(=O)(=O)c1cc(NC(=O)Cc2ccccc2Cl)ccc1-n1cc(C(F)(F)F)cn1. The largest absolute Gasteiger partial charge is 0.419 e. The lowest BCUT2D eigenvalue weighted by Gasteiger charge is -2.12. The first-order valence-electron chi connectivity index (χ1n) is 8.54. The topological polar surface area (TPSA) is 93.4 Å². The molecule has 2 aromatic carbocycles. The Kier molecular flexibility index (Phi) is 6.18. The molecule has 1 amide bonds. The highest BCUT2D eigenvalue weighted by Gasteiger charge is 2.33. The van der Waals surface area contributed by atoms with Crippen LogP contribution in [0.15, 0.2) is 64.2 Å². The number of benzene rings is 2. The second kappa shape index (κ2) is 8.52. The van der Waals surface area contributed by atoms with Crippen molar-refractivity contribution in [2.24, 2.45) is 4.40 Å². The molecular formula is C19H14ClF3N4O3S. The van der Waals surface area contributed by atoms with Crippen LogP contribution < -0.4 is 5.32 Å². The Hall–Kier alpha value is -3.18. The van der Waals surface area contributed by atoms with E-state index >= 15 is 0 Å². The van der Waals surface area contributed by atoms with E-state index in [2.05, 4.69) is 21.5 Å². The molecule has 0 saturated carbocycles. The number of hydrogen-bond donors (Lipinski definition) is 1. The smallest absolute Gasteiger partial charge is 0.326 e. The number of halogens is 4. The Labute approximate surface area is 180 Å². The van der Waals surface area contributed by atoms with Crippen LogP contribution in [0.3, 0.4) is 0 Å². The first-order valence-corrected chi connectivity index (χ1v) is 10.4. The van der Waals surface area contributed by atoms with Crippen LogP contribution in [-0.4, -0.2) is 30.8 Å². The maximum absolute atomic E-state index is 12.9. The van der Waals surface area contributed by atoms with Gasteiger partial charge in [-0.2, -0.15) is 31.1 Å². The molecule has 162 valence electrons. The fourth-order valence-electron chi connectivity index (χ4n) is 2.68. The zero-order valence-corrected chi connectivity index (χ0v) is 17.2. The quantitative estimate of drug-likeness (QED) is 0.548. The van der Waals surface area contributed by atoms with Gasteiger partial charge in [0.15, 0.2) is 0 Å². The van der Waals surface area contributed by atoms with Gasteiger partial charge in [-0.15, -0.1) is 0 Å². The molecule has 0 bridgehead atoms. The van der Waals surface area contributed by atoms with E-state index in [-0.39, 0.29) is 17.8 Å². The highest BCUT2D eigenvalue weighted by atomic mass is 35.5. The number of carbonyl (C=O) groups excluding carboxylic acids is 1. The minimum absolute atomic E-state index is 0.0721. The summed E-state index contributed by atoms with van der Waals surface area (Å²) in [5.41, 5.74) is -0.590. The first kappa shape index (κ1) is 22.5. The predicted octanol–water partition coefficient (Wildman–Crippen LogP) is 4.12. The number of rotatable bonds is 6. The van der Waals surface area contributed by atoms with Gasteiger partial charge in [-0.25, -0.2) is 4.68 Å². The van der Waals surface area contributed by atoms with Crippen molar-refractivity contribution in [1.82, 2.24) is 9.78 Å². The number of nitrogens with one attached hydrogen (secondary N) is 1. The van der Waals surface area contributed by atoms with Crippen molar-refractivity contribution in [2.45, 2.75) is 17.5 Å². The lowest BCUT2D eigenvalue weighted by molar-refractivity contribution is -0.137. The molecule has 12 heteroatoms. The summed E-state index contributed by atoms with van der Waals surface area (Å²) in [6, 6.07) is 10.3. The Balaban J connectivity index is 1.95. The summed E-state index contributed by atoms with van der Waals surface area (Å²) in [4.78, 5) is 11.9. The van der Waals surface area contributed by atoms with E-state index < -0.39 is 32.6 Å². The highest BCUT2D eigenvalue weighted by molar-refractivity contribution is 7.90. The average molecular weight is 471 g/mol. The third-order valence-corrected chi connectivity index (χ3v) is 5.75. The van der Waals surface area contributed by atoms with Gasteiger partial charge in [0.25, 0.3) is 10.0 Å². The van der Waals surface area contributed by atoms with Crippen molar-refractivity contribution in [2.75, 3.05) is 5.32 Å². The summed E-state index contributed by atoms with van der Waals surface area (Å²) in [7, 11) is -4.33. The van der Waals surface area contributed by atoms with Crippen molar-refractivity contribution in [3.8, 4) is 5.69 Å². The second-order valence-electron chi connectivity index (χ2n) is 6.27. The predicted molar refractivity (Wildman–Crippen MR) is 109 cm³/mol. The van der Waals surface area contributed by atoms with Crippen LogP contribution in [0.4, 0.5) is 18.9 Å². The Bertz CT molecular complexity index is 1260. The van der Waals surface area contributed by atoms with Gasteiger partial charge in [0.05, 0.1) is 23.9 Å².